The van der Waals surface area contributed by atoms with Gasteiger partial charge in [0.1, 0.15) is 11.8 Å². The fourth-order valence-corrected chi connectivity index (χ4v) is 4.89. The number of carbonyl (C=O) groups is 3. The summed E-state index contributed by atoms with van der Waals surface area (Å²) in [6.07, 6.45) is 4.43. The van der Waals surface area contributed by atoms with Crippen LogP contribution in [0.1, 0.15) is 62.6 Å². The van der Waals surface area contributed by atoms with Crippen LogP contribution in [0.5, 0.6) is 0 Å². The Morgan fingerprint density at radius 1 is 0.944 bits per heavy atom. The van der Waals surface area contributed by atoms with Crippen LogP contribution in [-0.2, 0) is 15.3 Å². The van der Waals surface area contributed by atoms with Gasteiger partial charge >= 0.3 is 0 Å². The van der Waals surface area contributed by atoms with Crippen molar-refractivity contribution in [2.45, 2.75) is 64.3 Å². The summed E-state index contributed by atoms with van der Waals surface area (Å²) in [5, 5.41) is 7.87. The second-order valence-electron chi connectivity index (χ2n) is 9.46. The molecule has 2 amide bonds. The minimum Gasteiger partial charge on any atom is -0.468 e. The van der Waals surface area contributed by atoms with Gasteiger partial charge in [-0.1, -0.05) is 63.9 Å². The molecule has 192 valence electrons. The number of furan rings is 1. The standard InChI is InChI=1S/C29H36N2O4S/c1-4-5-12-25(27(32)19-36-18-24-11-8-15-35-24)30-29(34)26(16-20(2)3)31-28(33)23-14-13-21-9-6-7-10-22(21)17-23/h6-11,13-15,17,20,25-26H,4-5,12,16,18-19H2,1-3H3,(H,30,34)(H,31,33)/t25-,26-/m0/s1. The lowest BCUT2D eigenvalue weighted by Gasteiger charge is -2.24. The third-order valence-corrected chi connectivity index (χ3v) is 6.94. The summed E-state index contributed by atoms with van der Waals surface area (Å²) in [7, 11) is 0. The third kappa shape index (κ3) is 8.26. The van der Waals surface area contributed by atoms with E-state index in [1.807, 2.05) is 62.4 Å². The molecule has 0 saturated carbocycles. The maximum absolute atomic E-state index is 13.3. The second-order valence-corrected chi connectivity index (χ2v) is 10.4. The van der Waals surface area contributed by atoms with E-state index in [1.165, 1.54) is 11.8 Å². The molecule has 0 spiro atoms. The molecule has 2 aromatic carbocycles. The molecule has 2 N–H and O–H groups in total. The number of Topliss-reactive ketones (excluding diaryl/α,β-unsaturated/α-hetero) is 1. The zero-order valence-corrected chi connectivity index (χ0v) is 22.1. The van der Waals surface area contributed by atoms with Gasteiger partial charge in [-0.15, -0.1) is 11.8 Å². The molecule has 3 rings (SSSR count). The molecule has 0 radical (unpaired) electrons. The molecular formula is C29H36N2O4S. The number of rotatable bonds is 14. The quantitative estimate of drug-likeness (QED) is 0.289. The molecule has 3 aromatic rings. The number of unbranched alkanes of at least 4 members (excludes halogenated alkanes) is 1. The fraction of sp³-hybridized carbons (Fsp3) is 0.414. The molecule has 0 aliphatic heterocycles. The van der Waals surface area contributed by atoms with Gasteiger partial charge in [-0.25, -0.2) is 0 Å². The van der Waals surface area contributed by atoms with Crippen LogP contribution in [0, 0.1) is 5.92 Å². The summed E-state index contributed by atoms with van der Waals surface area (Å²) in [4.78, 5) is 39.3. The molecule has 0 unspecified atom stereocenters. The number of benzene rings is 2. The van der Waals surface area contributed by atoms with Crippen LogP contribution in [-0.4, -0.2) is 35.4 Å². The summed E-state index contributed by atoms with van der Waals surface area (Å²) in [5.74, 6) is 1.26. The van der Waals surface area contributed by atoms with Crippen LogP contribution < -0.4 is 10.6 Å². The van der Waals surface area contributed by atoms with Crippen molar-refractivity contribution in [3.8, 4) is 0 Å². The predicted octanol–water partition coefficient (Wildman–Crippen LogP) is 5.75. The monoisotopic (exact) mass is 508 g/mol. The molecule has 0 fully saturated rings. The Morgan fingerprint density at radius 3 is 2.42 bits per heavy atom. The van der Waals surface area contributed by atoms with E-state index in [9.17, 15) is 14.4 Å². The van der Waals surface area contributed by atoms with Crippen LogP contribution in [0.4, 0.5) is 0 Å². The van der Waals surface area contributed by atoms with Crippen molar-refractivity contribution in [2.75, 3.05) is 5.75 Å². The van der Waals surface area contributed by atoms with Crippen molar-refractivity contribution in [1.29, 1.82) is 0 Å². The Balaban J connectivity index is 1.66. The summed E-state index contributed by atoms with van der Waals surface area (Å²) >= 11 is 1.47. The molecule has 0 saturated heterocycles. The van der Waals surface area contributed by atoms with Crippen LogP contribution in [0.3, 0.4) is 0 Å². The summed E-state index contributed by atoms with van der Waals surface area (Å²) in [6.45, 7) is 6.07. The second kappa shape index (κ2) is 13.9. The Hall–Kier alpha value is -3.06. The van der Waals surface area contributed by atoms with E-state index in [0.29, 0.717) is 24.2 Å². The summed E-state index contributed by atoms with van der Waals surface area (Å²) in [5.41, 5.74) is 0.503. The van der Waals surface area contributed by atoms with E-state index < -0.39 is 12.1 Å². The van der Waals surface area contributed by atoms with Gasteiger partial charge in [0, 0.05) is 5.56 Å². The predicted molar refractivity (Wildman–Crippen MR) is 146 cm³/mol. The van der Waals surface area contributed by atoms with E-state index in [1.54, 1.807) is 12.3 Å². The average molecular weight is 509 g/mol. The first kappa shape index (κ1) is 27.5. The minimum atomic E-state index is -0.725. The van der Waals surface area contributed by atoms with Crippen molar-refractivity contribution >= 4 is 40.1 Å². The largest absolute Gasteiger partial charge is 0.468 e. The number of thioether (sulfide) groups is 1. The van der Waals surface area contributed by atoms with Crippen molar-refractivity contribution < 1.29 is 18.8 Å². The van der Waals surface area contributed by atoms with Crippen LogP contribution in [0.15, 0.2) is 65.3 Å². The molecule has 2 atom stereocenters. The molecular weight excluding hydrogens is 472 g/mol. The highest BCUT2D eigenvalue weighted by Crippen LogP contribution is 2.17. The molecule has 1 aromatic heterocycles. The van der Waals surface area contributed by atoms with Crippen molar-refractivity contribution in [2.24, 2.45) is 5.92 Å². The molecule has 36 heavy (non-hydrogen) atoms. The Bertz CT molecular complexity index is 1140. The summed E-state index contributed by atoms with van der Waals surface area (Å²) in [6, 6.07) is 15.7. The Labute approximate surface area is 217 Å². The number of carbonyl (C=O) groups excluding carboxylic acids is 3. The van der Waals surface area contributed by atoms with Gasteiger partial charge in [0.05, 0.1) is 23.8 Å². The van der Waals surface area contributed by atoms with E-state index in [-0.39, 0.29) is 29.3 Å². The first-order chi connectivity index (χ1) is 17.4. The molecule has 1 heterocycles. The maximum atomic E-state index is 13.3. The molecule has 6 nitrogen and oxygen atoms in total. The third-order valence-electron chi connectivity index (χ3n) is 5.96. The molecule has 0 bridgehead atoms. The zero-order valence-electron chi connectivity index (χ0n) is 21.3. The number of fused-ring (bicyclic) bond motifs is 1. The van der Waals surface area contributed by atoms with Gasteiger partial charge in [0.2, 0.25) is 5.91 Å². The maximum Gasteiger partial charge on any atom is 0.251 e. The molecule has 0 aliphatic rings. The lowest BCUT2D eigenvalue weighted by Crippen LogP contribution is -2.52. The highest BCUT2D eigenvalue weighted by Gasteiger charge is 2.27. The molecule has 0 aliphatic carbocycles. The lowest BCUT2D eigenvalue weighted by molar-refractivity contribution is -0.128. The Morgan fingerprint density at radius 2 is 1.72 bits per heavy atom. The van der Waals surface area contributed by atoms with Gasteiger partial charge < -0.3 is 15.1 Å². The number of nitrogens with one attached hydrogen (secondary N) is 2. The minimum absolute atomic E-state index is 0.0162. The van der Waals surface area contributed by atoms with Gasteiger partial charge in [-0.2, -0.15) is 0 Å². The number of ketones is 1. The number of hydrogen-bond donors (Lipinski definition) is 2. The lowest BCUT2D eigenvalue weighted by atomic mass is 10.0. The topological polar surface area (TPSA) is 88.4 Å². The highest BCUT2D eigenvalue weighted by atomic mass is 32.2. The first-order valence-corrected chi connectivity index (χ1v) is 13.8. The normalized spacial score (nSPS) is 12.9. The van der Waals surface area contributed by atoms with Gasteiger partial charge in [-0.05, 0) is 53.8 Å². The first-order valence-electron chi connectivity index (χ1n) is 12.6. The fourth-order valence-electron chi connectivity index (χ4n) is 4.02. The van der Waals surface area contributed by atoms with E-state index in [2.05, 4.69) is 17.6 Å². The van der Waals surface area contributed by atoms with E-state index in [0.717, 1.165) is 29.4 Å². The molecule has 7 heteroatoms. The van der Waals surface area contributed by atoms with Gasteiger partial charge in [0.25, 0.3) is 5.91 Å². The van der Waals surface area contributed by atoms with Crippen LogP contribution >= 0.6 is 11.8 Å². The van der Waals surface area contributed by atoms with Crippen molar-refractivity contribution in [3.63, 3.8) is 0 Å². The van der Waals surface area contributed by atoms with Gasteiger partial charge in [0.15, 0.2) is 5.78 Å². The summed E-state index contributed by atoms with van der Waals surface area (Å²) < 4.78 is 5.33. The van der Waals surface area contributed by atoms with E-state index in [4.69, 9.17) is 4.42 Å². The Kier molecular flexibility index (Phi) is 10.6. The highest BCUT2D eigenvalue weighted by molar-refractivity contribution is 7.99. The number of amides is 2. The van der Waals surface area contributed by atoms with Crippen LogP contribution in [0.2, 0.25) is 0 Å². The number of hydrogen-bond acceptors (Lipinski definition) is 5. The average Bonchev–Trinajstić information content (AvgIpc) is 3.38. The van der Waals surface area contributed by atoms with Gasteiger partial charge in [-0.3, -0.25) is 14.4 Å². The van der Waals surface area contributed by atoms with Crippen molar-refractivity contribution in [3.05, 3.63) is 72.2 Å². The van der Waals surface area contributed by atoms with Crippen LogP contribution in [0.25, 0.3) is 10.8 Å². The van der Waals surface area contributed by atoms with E-state index >= 15 is 0 Å². The zero-order chi connectivity index (χ0) is 25.9. The smallest absolute Gasteiger partial charge is 0.251 e. The van der Waals surface area contributed by atoms with Crippen molar-refractivity contribution in [1.82, 2.24) is 10.6 Å². The SMILES string of the molecule is CCCC[C@H](NC(=O)[C@H](CC(C)C)NC(=O)c1ccc2ccccc2c1)C(=O)CSCc1ccco1.